The Labute approximate surface area is 94.3 Å². The van der Waals surface area contributed by atoms with Gasteiger partial charge >= 0.3 is 0 Å². The lowest BCUT2D eigenvalue weighted by molar-refractivity contribution is -0.120. The van der Waals surface area contributed by atoms with Crippen LogP contribution in [0.2, 0.25) is 5.02 Å². The van der Waals surface area contributed by atoms with Crippen molar-refractivity contribution in [1.29, 1.82) is 0 Å². The van der Waals surface area contributed by atoms with E-state index < -0.39 is 0 Å². The number of benzene rings is 1. The maximum atomic E-state index is 13.4. The zero-order chi connectivity index (χ0) is 11.4. The number of carbonyl (C=O) groups excluding carboxylic acids is 1. The van der Waals surface area contributed by atoms with Gasteiger partial charge in [0.25, 0.3) is 0 Å². The Morgan fingerprint density at radius 3 is 2.67 bits per heavy atom. The second kappa shape index (κ2) is 5.26. The van der Waals surface area contributed by atoms with Crippen LogP contribution >= 0.6 is 11.6 Å². The highest BCUT2D eigenvalue weighted by atomic mass is 35.5. The minimum atomic E-state index is -0.331. The topological polar surface area (TPSA) is 17.1 Å². The maximum Gasteiger partial charge on any atom is 0.133 e. The van der Waals surface area contributed by atoms with Gasteiger partial charge in [-0.05, 0) is 37.5 Å². The van der Waals surface area contributed by atoms with E-state index in [4.69, 9.17) is 11.6 Å². The minimum absolute atomic E-state index is 0.0966. The Hall–Kier alpha value is -0.890. The Morgan fingerprint density at radius 1 is 1.53 bits per heavy atom. The lowest BCUT2D eigenvalue weighted by Crippen LogP contribution is -2.13. The molecule has 0 N–H and O–H groups in total. The number of hydrogen-bond acceptors (Lipinski definition) is 1. The highest BCUT2D eigenvalue weighted by Crippen LogP contribution is 2.19. The molecule has 0 bridgehead atoms. The Morgan fingerprint density at radius 2 is 2.20 bits per heavy atom. The molecule has 1 atom stereocenters. The number of rotatable bonds is 4. The molecule has 0 aliphatic heterocycles. The summed E-state index contributed by atoms with van der Waals surface area (Å²) in [6, 6.07) is 4.57. The van der Waals surface area contributed by atoms with Crippen molar-refractivity contribution in [3.63, 3.8) is 0 Å². The minimum Gasteiger partial charge on any atom is -0.300 e. The molecule has 0 aliphatic rings. The van der Waals surface area contributed by atoms with E-state index in [9.17, 15) is 9.18 Å². The van der Waals surface area contributed by atoms with Crippen LogP contribution in [0.5, 0.6) is 0 Å². The zero-order valence-electron chi connectivity index (χ0n) is 8.89. The molecule has 0 radical (unpaired) electrons. The predicted molar refractivity (Wildman–Crippen MR) is 59.6 cm³/mol. The summed E-state index contributed by atoms with van der Waals surface area (Å²) in [5, 5.41) is 0.382. The van der Waals surface area contributed by atoms with Crippen molar-refractivity contribution >= 4 is 17.4 Å². The fraction of sp³-hybridized carbons (Fsp3) is 0.417. The van der Waals surface area contributed by atoms with Crippen LogP contribution in [-0.2, 0) is 11.2 Å². The van der Waals surface area contributed by atoms with Gasteiger partial charge < -0.3 is 0 Å². The normalized spacial score (nSPS) is 12.5. The lowest BCUT2D eigenvalue weighted by atomic mass is 9.93. The largest absolute Gasteiger partial charge is 0.300 e. The molecular weight excluding hydrogens is 215 g/mol. The molecule has 0 fully saturated rings. The molecule has 0 amide bonds. The van der Waals surface area contributed by atoms with Gasteiger partial charge in [-0.15, -0.1) is 0 Å². The quantitative estimate of drug-likeness (QED) is 0.769. The third-order valence-electron chi connectivity index (χ3n) is 2.55. The van der Waals surface area contributed by atoms with Gasteiger partial charge in [-0.3, -0.25) is 4.79 Å². The van der Waals surface area contributed by atoms with Crippen molar-refractivity contribution in [2.24, 2.45) is 5.92 Å². The molecule has 0 spiro atoms. The van der Waals surface area contributed by atoms with Gasteiger partial charge in [-0.1, -0.05) is 24.6 Å². The monoisotopic (exact) mass is 228 g/mol. The van der Waals surface area contributed by atoms with E-state index >= 15 is 0 Å². The molecular formula is C12H14ClFO. The third-order valence-corrected chi connectivity index (χ3v) is 2.78. The first-order valence-corrected chi connectivity index (χ1v) is 5.36. The number of hydrogen-bond donors (Lipinski definition) is 0. The van der Waals surface area contributed by atoms with E-state index in [0.29, 0.717) is 17.0 Å². The molecule has 1 nitrogen and oxygen atoms in total. The number of halogens is 2. The van der Waals surface area contributed by atoms with Crippen LogP contribution in [0.25, 0.3) is 0 Å². The van der Waals surface area contributed by atoms with Crippen molar-refractivity contribution in [3.05, 3.63) is 34.6 Å². The van der Waals surface area contributed by atoms with Gasteiger partial charge in [-0.25, -0.2) is 4.39 Å². The number of carbonyl (C=O) groups is 1. The molecule has 0 aliphatic carbocycles. The highest BCUT2D eigenvalue weighted by molar-refractivity contribution is 6.30. The van der Waals surface area contributed by atoms with E-state index in [2.05, 4.69) is 0 Å². The molecule has 0 saturated heterocycles. The smallest absolute Gasteiger partial charge is 0.133 e. The van der Waals surface area contributed by atoms with Gasteiger partial charge in [-0.2, -0.15) is 0 Å². The van der Waals surface area contributed by atoms with E-state index in [1.165, 1.54) is 6.07 Å². The molecule has 1 aromatic carbocycles. The molecule has 1 aromatic rings. The first-order chi connectivity index (χ1) is 7.04. The summed E-state index contributed by atoms with van der Waals surface area (Å²) in [6.45, 7) is 3.47. The van der Waals surface area contributed by atoms with Crippen LogP contribution in [0.15, 0.2) is 18.2 Å². The van der Waals surface area contributed by atoms with Gasteiger partial charge in [0.2, 0.25) is 0 Å². The predicted octanol–water partition coefficient (Wildman–Crippen LogP) is 3.64. The third kappa shape index (κ3) is 3.31. The molecule has 0 heterocycles. The van der Waals surface area contributed by atoms with Crippen molar-refractivity contribution in [2.45, 2.75) is 26.7 Å². The summed E-state index contributed by atoms with van der Waals surface area (Å²) in [4.78, 5) is 11.2. The van der Waals surface area contributed by atoms with Crippen LogP contribution in [0.3, 0.4) is 0 Å². The summed E-state index contributed by atoms with van der Waals surface area (Å²) in [6.07, 6.45) is 1.19. The van der Waals surface area contributed by atoms with Crippen LogP contribution in [-0.4, -0.2) is 5.78 Å². The fourth-order valence-corrected chi connectivity index (χ4v) is 1.69. The molecule has 0 saturated carbocycles. The maximum absolute atomic E-state index is 13.4. The van der Waals surface area contributed by atoms with Crippen LogP contribution in [0, 0.1) is 11.7 Å². The second-order valence-electron chi connectivity index (χ2n) is 3.66. The summed E-state index contributed by atoms with van der Waals surface area (Å²) in [7, 11) is 0. The van der Waals surface area contributed by atoms with E-state index in [0.717, 1.165) is 6.42 Å². The Kier molecular flexibility index (Phi) is 4.28. The SMILES string of the molecule is CCC(Cc1ccc(Cl)cc1F)C(C)=O. The summed E-state index contributed by atoms with van der Waals surface area (Å²) in [5.74, 6) is -0.324. The first-order valence-electron chi connectivity index (χ1n) is 4.99. The number of ketones is 1. The molecule has 0 aromatic heterocycles. The average Bonchev–Trinajstić information content (AvgIpc) is 2.16. The molecule has 3 heteroatoms. The van der Waals surface area contributed by atoms with Crippen LogP contribution in [0.1, 0.15) is 25.8 Å². The average molecular weight is 229 g/mol. The Balaban J connectivity index is 2.84. The molecule has 1 rings (SSSR count). The molecule has 15 heavy (non-hydrogen) atoms. The first kappa shape index (κ1) is 12.2. The summed E-state index contributed by atoms with van der Waals surface area (Å²) >= 11 is 5.64. The summed E-state index contributed by atoms with van der Waals surface area (Å²) in [5.41, 5.74) is 0.557. The fourth-order valence-electron chi connectivity index (χ4n) is 1.53. The van der Waals surface area contributed by atoms with Crippen molar-refractivity contribution < 1.29 is 9.18 Å². The van der Waals surface area contributed by atoms with E-state index in [1.54, 1.807) is 19.1 Å². The van der Waals surface area contributed by atoms with E-state index in [1.807, 2.05) is 6.92 Å². The zero-order valence-corrected chi connectivity index (χ0v) is 9.64. The molecule has 82 valence electrons. The lowest BCUT2D eigenvalue weighted by Gasteiger charge is -2.11. The van der Waals surface area contributed by atoms with Crippen molar-refractivity contribution in [3.8, 4) is 0 Å². The van der Waals surface area contributed by atoms with Crippen LogP contribution < -0.4 is 0 Å². The highest BCUT2D eigenvalue weighted by Gasteiger charge is 2.14. The van der Waals surface area contributed by atoms with E-state index in [-0.39, 0.29) is 17.5 Å². The molecule has 1 unspecified atom stereocenters. The van der Waals surface area contributed by atoms with Gasteiger partial charge in [0.1, 0.15) is 11.6 Å². The van der Waals surface area contributed by atoms with Gasteiger partial charge in [0.15, 0.2) is 0 Å². The standard InChI is InChI=1S/C12H14ClFO/c1-3-9(8(2)15)6-10-4-5-11(13)7-12(10)14/h4-5,7,9H,3,6H2,1-2H3. The van der Waals surface area contributed by atoms with Crippen molar-refractivity contribution in [1.82, 2.24) is 0 Å². The summed E-state index contributed by atoms with van der Waals surface area (Å²) < 4.78 is 13.4. The van der Waals surface area contributed by atoms with Gasteiger partial charge in [0, 0.05) is 10.9 Å². The Bertz CT molecular complexity index is 363. The van der Waals surface area contributed by atoms with Gasteiger partial charge in [0.05, 0.1) is 0 Å². The number of Topliss-reactive ketones (excluding diaryl/α,β-unsaturated/α-hetero) is 1. The van der Waals surface area contributed by atoms with Crippen LogP contribution in [0.4, 0.5) is 4.39 Å². The van der Waals surface area contributed by atoms with Crippen molar-refractivity contribution in [2.75, 3.05) is 0 Å². The second-order valence-corrected chi connectivity index (χ2v) is 4.09.